The van der Waals surface area contributed by atoms with Gasteiger partial charge >= 0.3 is 6.18 Å². The van der Waals surface area contributed by atoms with Crippen molar-refractivity contribution < 1.29 is 18.3 Å². The Kier molecular flexibility index (Phi) is 5.16. The van der Waals surface area contributed by atoms with E-state index < -0.39 is 18.3 Å². The molecule has 1 aromatic rings. The molecule has 0 bridgehead atoms. The van der Waals surface area contributed by atoms with Crippen LogP contribution >= 0.6 is 0 Å². The first-order chi connectivity index (χ1) is 8.36. The van der Waals surface area contributed by atoms with Crippen LogP contribution < -0.4 is 5.32 Å². The van der Waals surface area contributed by atoms with Gasteiger partial charge in [0.15, 0.2) is 0 Å². The predicted molar refractivity (Wildman–Crippen MR) is 64.1 cm³/mol. The summed E-state index contributed by atoms with van der Waals surface area (Å²) in [5.74, 6) is -0.0800. The quantitative estimate of drug-likeness (QED) is 0.854. The van der Waals surface area contributed by atoms with Crippen LogP contribution in [0.25, 0.3) is 0 Å². The number of hydrogen-bond acceptors (Lipinski definition) is 2. The van der Waals surface area contributed by atoms with Gasteiger partial charge in [-0.1, -0.05) is 44.2 Å². The number of alkyl halides is 3. The van der Waals surface area contributed by atoms with E-state index in [-0.39, 0.29) is 18.1 Å². The fourth-order valence-electron chi connectivity index (χ4n) is 1.70. The molecule has 1 rings (SSSR count). The summed E-state index contributed by atoms with van der Waals surface area (Å²) in [7, 11) is 0. The van der Waals surface area contributed by atoms with Gasteiger partial charge in [0.1, 0.15) is 6.04 Å². The summed E-state index contributed by atoms with van der Waals surface area (Å²) in [6.07, 6.45) is -4.39. The number of aliphatic hydroxyl groups is 1. The van der Waals surface area contributed by atoms with Crippen LogP contribution in [0.4, 0.5) is 13.2 Å². The van der Waals surface area contributed by atoms with E-state index in [1.165, 1.54) is 12.1 Å². The molecule has 0 fully saturated rings. The van der Waals surface area contributed by atoms with E-state index in [0.29, 0.717) is 0 Å². The molecule has 0 aliphatic rings. The molecular weight excluding hydrogens is 243 g/mol. The highest BCUT2D eigenvalue weighted by Gasteiger charge is 2.41. The summed E-state index contributed by atoms with van der Waals surface area (Å²) in [5, 5.41) is 11.6. The third-order valence-corrected chi connectivity index (χ3v) is 2.84. The minimum Gasteiger partial charge on any atom is -0.395 e. The van der Waals surface area contributed by atoms with E-state index in [2.05, 4.69) is 5.32 Å². The first-order valence-electron chi connectivity index (χ1n) is 5.84. The summed E-state index contributed by atoms with van der Waals surface area (Å²) in [6, 6.07) is 5.33. The maximum atomic E-state index is 13.0. The third kappa shape index (κ3) is 3.99. The number of hydrogen-bond donors (Lipinski definition) is 2. The molecular formula is C13H18F3NO. The second-order valence-electron chi connectivity index (χ2n) is 4.59. The molecule has 2 nitrogen and oxygen atoms in total. The van der Waals surface area contributed by atoms with Crippen LogP contribution in [0.1, 0.15) is 25.5 Å². The maximum absolute atomic E-state index is 13.0. The standard InChI is InChI=1S/C13H18F3NO/c1-9(2)11(8-18)17-12(13(14,15)16)10-6-4-3-5-7-10/h3-7,9,11-12,17-18H,8H2,1-2H3. The molecule has 0 radical (unpaired) electrons. The third-order valence-electron chi connectivity index (χ3n) is 2.84. The molecule has 0 heterocycles. The van der Waals surface area contributed by atoms with Crippen molar-refractivity contribution in [2.45, 2.75) is 32.1 Å². The molecule has 102 valence electrons. The van der Waals surface area contributed by atoms with Gasteiger partial charge in [-0.25, -0.2) is 0 Å². The van der Waals surface area contributed by atoms with Crippen LogP contribution in [-0.4, -0.2) is 23.9 Å². The average molecular weight is 261 g/mol. The number of halogens is 3. The number of nitrogens with one attached hydrogen (secondary N) is 1. The smallest absolute Gasteiger partial charge is 0.395 e. The Morgan fingerprint density at radius 1 is 1.17 bits per heavy atom. The van der Waals surface area contributed by atoms with Gasteiger partial charge in [0, 0.05) is 6.04 Å². The van der Waals surface area contributed by atoms with Crippen LogP contribution in [0.2, 0.25) is 0 Å². The van der Waals surface area contributed by atoms with E-state index >= 15 is 0 Å². The Balaban J connectivity index is 2.94. The Labute approximate surface area is 105 Å². The van der Waals surface area contributed by atoms with Gasteiger partial charge < -0.3 is 5.11 Å². The van der Waals surface area contributed by atoms with Crippen molar-refractivity contribution in [3.8, 4) is 0 Å². The predicted octanol–water partition coefficient (Wildman–Crippen LogP) is 2.90. The Morgan fingerprint density at radius 2 is 1.72 bits per heavy atom. The van der Waals surface area contributed by atoms with Crippen molar-refractivity contribution in [1.29, 1.82) is 0 Å². The van der Waals surface area contributed by atoms with Gasteiger partial charge in [0.2, 0.25) is 0 Å². The van der Waals surface area contributed by atoms with Gasteiger partial charge in [-0.2, -0.15) is 13.2 Å². The van der Waals surface area contributed by atoms with Gasteiger partial charge in [-0.05, 0) is 11.5 Å². The monoisotopic (exact) mass is 261 g/mol. The van der Waals surface area contributed by atoms with Gasteiger partial charge in [-0.3, -0.25) is 5.32 Å². The molecule has 0 saturated carbocycles. The van der Waals surface area contributed by atoms with Crippen LogP contribution in [0.15, 0.2) is 30.3 Å². The van der Waals surface area contributed by atoms with E-state index in [4.69, 9.17) is 5.11 Å². The molecule has 0 saturated heterocycles. The Bertz CT molecular complexity index is 351. The number of benzene rings is 1. The minimum absolute atomic E-state index is 0.0800. The molecule has 0 spiro atoms. The lowest BCUT2D eigenvalue weighted by molar-refractivity contribution is -0.161. The van der Waals surface area contributed by atoms with Gasteiger partial charge in [0.25, 0.3) is 0 Å². The van der Waals surface area contributed by atoms with Crippen LogP contribution in [0.3, 0.4) is 0 Å². The van der Waals surface area contributed by atoms with Crippen molar-refractivity contribution in [3.05, 3.63) is 35.9 Å². The number of rotatable bonds is 5. The van der Waals surface area contributed by atoms with Crippen molar-refractivity contribution in [3.63, 3.8) is 0 Å². The van der Waals surface area contributed by atoms with Gasteiger partial charge in [-0.15, -0.1) is 0 Å². The van der Waals surface area contributed by atoms with Crippen LogP contribution in [0, 0.1) is 5.92 Å². The zero-order valence-electron chi connectivity index (χ0n) is 10.4. The second kappa shape index (κ2) is 6.20. The lowest BCUT2D eigenvalue weighted by atomic mass is 10.0. The molecule has 0 aromatic heterocycles. The second-order valence-corrected chi connectivity index (χ2v) is 4.59. The average Bonchev–Trinajstić information content (AvgIpc) is 2.29. The summed E-state index contributed by atoms with van der Waals surface area (Å²) >= 11 is 0. The summed E-state index contributed by atoms with van der Waals surface area (Å²) < 4.78 is 39.1. The van der Waals surface area contributed by atoms with Crippen molar-refractivity contribution >= 4 is 0 Å². The van der Waals surface area contributed by atoms with E-state index in [9.17, 15) is 13.2 Å². The highest BCUT2D eigenvalue weighted by molar-refractivity contribution is 5.20. The lowest BCUT2D eigenvalue weighted by Gasteiger charge is -2.28. The topological polar surface area (TPSA) is 32.3 Å². The largest absolute Gasteiger partial charge is 0.407 e. The maximum Gasteiger partial charge on any atom is 0.407 e. The summed E-state index contributed by atoms with van der Waals surface area (Å²) in [4.78, 5) is 0. The van der Waals surface area contributed by atoms with E-state index in [0.717, 1.165) is 0 Å². The molecule has 0 aliphatic heterocycles. The molecule has 1 aromatic carbocycles. The van der Waals surface area contributed by atoms with E-state index in [1.807, 2.05) is 0 Å². The SMILES string of the molecule is CC(C)C(CO)NC(c1ccccc1)C(F)(F)F. The number of aliphatic hydroxyl groups excluding tert-OH is 1. The molecule has 2 N–H and O–H groups in total. The normalized spacial score (nSPS) is 15.7. The molecule has 5 heteroatoms. The summed E-state index contributed by atoms with van der Waals surface area (Å²) in [5.41, 5.74) is 0.157. The highest BCUT2D eigenvalue weighted by atomic mass is 19.4. The van der Waals surface area contributed by atoms with Crippen molar-refractivity contribution in [2.75, 3.05) is 6.61 Å². The Morgan fingerprint density at radius 3 is 2.11 bits per heavy atom. The molecule has 2 unspecified atom stereocenters. The van der Waals surface area contributed by atoms with Crippen LogP contribution in [0.5, 0.6) is 0 Å². The van der Waals surface area contributed by atoms with Crippen molar-refractivity contribution in [2.24, 2.45) is 5.92 Å². The lowest BCUT2D eigenvalue weighted by Crippen LogP contribution is -2.45. The summed E-state index contributed by atoms with van der Waals surface area (Å²) in [6.45, 7) is 3.22. The van der Waals surface area contributed by atoms with E-state index in [1.54, 1.807) is 32.0 Å². The zero-order chi connectivity index (χ0) is 13.8. The fraction of sp³-hybridized carbons (Fsp3) is 0.538. The fourth-order valence-corrected chi connectivity index (χ4v) is 1.70. The van der Waals surface area contributed by atoms with Crippen LogP contribution in [-0.2, 0) is 0 Å². The van der Waals surface area contributed by atoms with Crippen molar-refractivity contribution in [1.82, 2.24) is 5.32 Å². The molecule has 0 aliphatic carbocycles. The first-order valence-corrected chi connectivity index (χ1v) is 5.84. The molecule has 0 amide bonds. The van der Waals surface area contributed by atoms with Gasteiger partial charge in [0.05, 0.1) is 6.61 Å². The molecule has 2 atom stereocenters. The minimum atomic E-state index is -4.39. The zero-order valence-corrected chi connectivity index (χ0v) is 10.4. The Hall–Kier alpha value is -1.07. The first kappa shape index (κ1) is 15.0. The molecule has 18 heavy (non-hydrogen) atoms. The highest BCUT2D eigenvalue weighted by Crippen LogP contribution is 2.33.